The van der Waals surface area contributed by atoms with Gasteiger partial charge in [0.15, 0.2) is 0 Å². The van der Waals surface area contributed by atoms with Gasteiger partial charge in [0.25, 0.3) is 0 Å². The molecule has 1 aliphatic rings. The van der Waals surface area contributed by atoms with E-state index in [1.807, 2.05) is 37.3 Å². The Bertz CT molecular complexity index is 725. The summed E-state index contributed by atoms with van der Waals surface area (Å²) in [4.78, 5) is 9.03. The Morgan fingerprint density at radius 2 is 1.96 bits per heavy atom. The number of methoxy groups -OCH3 is 1. The molecular formula is C20H26N4O. The molecule has 3 rings (SSSR count). The fourth-order valence-corrected chi connectivity index (χ4v) is 3.00. The molecule has 0 amide bonds. The minimum atomic E-state index is 0.601. The molecule has 0 radical (unpaired) electrons. The first-order chi connectivity index (χ1) is 12.2. The highest BCUT2D eigenvalue weighted by Gasteiger charge is 2.06. The number of nitrogens with zero attached hydrogens (tertiary/aromatic N) is 2. The lowest BCUT2D eigenvalue weighted by Crippen LogP contribution is -2.08. The second kappa shape index (κ2) is 8.51. The summed E-state index contributed by atoms with van der Waals surface area (Å²) in [5.41, 5.74) is 3.44. The van der Waals surface area contributed by atoms with E-state index >= 15 is 0 Å². The molecule has 0 bridgehead atoms. The van der Waals surface area contributed by atoms with E-state index in [2.05, 4.69) is 26.7 Å². The van der Waals surface area contributed by atoms with Crippen molar-refractivity contribution in [2.24, 2.45) is 0 Å². The maximum absolute atomic E-state index is 5.18. The number of hydrogen-bond acceptors (Lipinski definition) is 5. The van der Waals surface area contributed by atoms with Gasteiger partial charge in [0.05, 0.1) is 7.11 Å². The molecule has 1 aromatic carbocycles. The average Bonchev–Trinajstić information content (AvgIpc) is 2.63. The lowest BCUT2D eigenvalue weighted by Gasteiger charge is -2.14. The Morgan fingerprint density at radius 3 is 2.68 bits per heavy atom. The van der Waals surface area contributed by atoms with Gasteiger partial charge in [-0.1, -0.05) is 11.6 Å². The summed E-state index contributed by atoms with van der Waals surface area (Å²) in [5.74, 6) is 2.29. The summed E-state index contributed by atoms with van der Waals surface area (Å²) in [7, 11) is 1.66. The van der Waals surface area contributed by atoms with Crippen molar-refractivity contribution in [3.63, 3.8) is 0 Å². The van der Waals surface area contributed by atoms with Gasteiger partial charge in [-0.3, -0.25) is 0 Å². The van der Waals surface area contributed by atoms with Crippen molar-refractivity contribution in [3.05, 3.63) is 47.7 Å². The zero-order valence-corrected chi connectivity index (χ0v) is 15.0. The molecule has 0 aliphatic heterocycles. The van der Waals surface area contributed by atoms with E-state index < -0.39 is 0 Å². The van der Waals surface area contributed by atoms with Crippen molar-refractivity contribution in [2.45, 2.75) is 39.0 Å². The molecule has 0 saturated carbocycles. The van der Waals surface area contributed by atoms with Crippen LogP contribution >= 0.6 is 0 Å². The largest absolute Gasteiger partial charge is 0.497 e. The zero-order chi connectivity index (χ0) is 17.5. The fourth-order valence-electron chi connectivity index (χ4n) is 3.00. The minimum Gasteiger partial charge on any atom is -0.497 e. The van der Waals surface area contributed by atoms with Crippen LogP contribution in [0, 0.1) is 6.92 Å². The van der Waals surface area contributed by atoms with Gasteiger partial charge in [0.1, 0.15) is 11.6 Å². The third-order valence-electron chi connectivity index (χ3n) is 4.34. The first kappa shape index (κ1) is 17.3. The molecule has 25 heavy (non-hydrogen) atoms. The zero-order valence-electron chi connectivity index (χ0n) is 15.0. The lowest BCUT2D eigenvalue weighted by atomic mass is 9.97. The van der Waals surface area contributed by atoms with Crippen molar-refractivity contribution >= 4 is 17.5 Å². The lowest BCUT2D eigenvalue weighted by molar-refractivity contribution is 0.415. The summed E-state index contributed by atoms with van der Waals surface area (Å²) in [6, 6.07) is 9.71. The van der Waals surface area contributed by atoms with Crippen LogP contribution in [0.25, 0.3) is 0 Å². The van der Waals surface area contributed by atoms with Crippen LogP contribution in [0.4, 0.5) is 17.5 Å². The second-order valence-corrected chi connectivity index (χ2v) is 6.36. The highest BCUT2D eigenvalue weighted by atomic mass is 16.5. The highest BCUT2D eigenvalue weighted by Crippen LogP contribution is 2.21. The van der Waals surface area contributed by atoms with E-state index in [4.69, 9.17) is 4.74 Å². The number of rotatable bonds is 7. The van der Waals surface area contributed by atoms with Crippen LogP contribution in [0.15, 0.2) is 42.0 Å². The highest BCUT2D eigenvalue weighted by molar-refractivity contribution is 5.56. The number of benzene rings is 1. The number of aryl methyl sites for hydroxylation is 1. The molecule has 0 atom stereocenters. The molecule has 0 saturated heterocycles. The third kappa shape index (κ3) is 5.21. The van der Waals surface area contributed by atoms with Gasteiger partial charge >= 0.3 is 0 Å². The third-order valence-corrected chi connectivity index (χ3v) is 4.34. The van der Waals surface area contributed by atoms with Crippen LogP contribution in [0.3, 0.4) is 0 Å². The van der Waals surface area contributed by atoms with Gasteiger partial charge in [-0.2, -0.15) is 4.98 Å². The SMILES string of the molecule is COc1ccc(Nc2nc(C)cc(NCCC3=CCCCC3)n2)cc1. The second-order valence-electron chi connectivity index (χ2n) is 6.36. The van der Waals surface area contributed by atoms with Crippen molar-refractivity contribution in [1.82, 2.24) is 9.97 Å². The molecular weight excluding hydrogens is 312 g/mol. The fraction of sp³-hybridized carbons (Fsp3) is 0.400. The van der Waals surface area contributed by atoms with Crippen LogP contribution in [0.1, 0.15) is 37.8 Å². The molecule has 2 aromatic rings. The maximum Gasteiger partial charge on any atom is 0.229 e. The molecule has 1 aliphatic carbocycles. The summed E-state index contributed by atoms with van der Waals surface area (Å²) < 4.78 is 5.18. The van der Waals surface area contributed by atoms with Crippen LogP contribution in [0.2, 0.25) is 0 Å². The Balaban J connectivity index is 1.60. The summed E-state index contributed by atoms with van der Waals surface area (Å²) in [6.45, 7) is 2.89. The Hall–Kier alpha value is -2.56. The standard InChI is InChI=1S/C20H26N4O/c1-15-14-19(21-13-12-16-6-4-3-5-7-16)24-20(22-15)23-17-8-10-18(25-2)11-9-17/h6,8-11,14H,3-5,7,12-13H2,1-2H3,(H2,21,22,23,24). The summed E-state index contributed by atoms with van der Waals surface area (Å²) in [6.07, 6.45) is 8.63. The predicted molar refractivity (Wildman–Crippen MR) is 103 cm³/mol. The topological polar surface area (TPSA) is 59.1 Å². The van der Waals surface area contributed by atoms with Gasteiger partial charge in [0.2, 0.25) is 5.95 Å². The number of ether oxygens (including phenoxy) is 1. The Labute approximate surface area is 149 Å². The van der Waals surface area contributed by atoms with Crippen molar-refractivity contribution in [3.8, 4) is 5.75 Å². The van der Waals surface area contributed by atoms with E-state index in [-0.39, 0.29) is 0 Å². The molecule has 5 nitrogen and oxygen atoms in total. The molecule has 0 spiro atoms. The first-order valence-electron chi connectivity index (χ1n) is 8.91. The van der Waals surface area contributed by atoms with E-state index in [0.29, 0.717) is 5.95 Å². The van der Waals surface area contributed by atoms with Gasteiger partial charge in [-0.25, -0.2) is 4.98 Å². The van der Waals surface area contributed by atoms with Crippen LogP contribution < -0.4 is 15.4 Å². The van der Waals surface area contributed by atoms with E-state index in [0.717, 1.165) is 35.9 Å². The monoisotopic (exact) mass is 338 g/mol. The van der Waals surface area contributed by atoms with Crippen molar-refractivity contribution in [2.75, 3.05) is 24.3 Å². The van der Waals surface area contributed by atoms with Gasteiger partial charge < -0.3 is 15.4 Å². The van der Waals surface area contributed by atoms with E-state index in [1.165, 1.54) is 25.7 Å². The molecule has 132 valence electrons. The normalized spacial score (nSPS) is 13.9. The van der Waals surface area contributed by atoms with Gasteiger partial charge in [-0.15, -0.1) is 0 Å². The van der Waals surface area contributed by atoms with Crippen LogP contribution in [0.5, 0.6) is 5.75 Å². The molecule has 1 aromatic heterocycles. The van der Waals surface area contributed by atoms with Crippen molar-refractivity contribution in [1.29, 1.82) is 0 Å². The molecule has 0 fully saturated rings. The van der Waals surface area contributed by atoms with Gasteiger partial charge in [-0.05, 0) is 63.3 Å². The quantitative estimate of drug-likeness (QED) is 0.707. The van der Waals surface area contributed by atoms with Crippen LogP contribution in [-0.2, 0) is 0 Å². The molecule has 5 heteroatoms. The van der Waals surface area contributed by atoms with E-state index in [9.17, 15) is 0 Å². The number of anilines is 3. The Kier molecular flexibility index (Phi) is 5.88. The number of aromatic nitrogens is 2. The molecule has 1 heterocycles. The van der Waals surface area contributed by atoms with Crippen LogP contribution in [-0.4, -0.2) is 23.6 Å². The number of allylic oxidation sites excluding steroid dienone is 1. The minimum absolute atomic E-state index is 0.601. The smallest absolute Gasteiger partial charge is 0.229 e. The summed E-state index contributed by atoms with van der Waals surface area (Å²) in [5, 5.41) is 6.67. The summed E-state index contributed by atoms with van der Waals surface area (Å²) >= 11 is 0. The predicted octanol–water partition coefficient (Wildman–Crippen LogP) is 4.84. The van der Waals surface area contributed by atoms with Crippen molar-refractivity contribution < 1.29 is 4.74 Å². The number of nitrogens with one attached hydrogen (secondary N) is 2. The molecule has 2 N–H and O–H groups in total. The van der Waals surface area contributed by atoms with E-state index in [1.54, 1.807) is 12.7 Å². The van der Waals surface area contributed by atoms with Gasteiger partial charge in [0, 0.05) is 24.0 Å². The maximum atomic E-state index is 5.18. The average molecular weight is 338 g/mol. The first-order valence-corrected chi connectivity index (χ1v) is 8.91. The number of hydrogen-bond donors (Lipinski definition) is 2. The Morgan fingerprint density at radius 1 is 1.12 bits per heavy atom. The molecule has 0 unspecified atom stereocenters.